The molecule has 3 N–H and O–H groups in total. The highest BCUT2D eigenvalue weighted by molar-refractivity contribution is 5.88. The lowest BCUT2D eigenvalue weighted by Crippen LogP contribution is -2.52. The first-order chi connectivity index (χ1) is 21.3. The fourth-order valence-corrected chi connectivity index (χ4v) is 5.99. The molecule has 2 aliphatic rings. The minimum atomic E-state index is -3.52. The first kappa shape index (κ1) is 32.5. The van der Waals surface area contributed by atoms with Crippen LogP contribution in [-0.4, -0.2) is 51.5 Å². The van der Waals surface area contributed by atoms with Gasteiger partial charge in [0.25, 0.3) is 6.43 Å². The van der Waals surface area contributed by atoms with Crippen LogP contribution in [0.3, 0.4) is 0 Å². The molecule has 2 aliphatic carbocycles. The number of nitrogens with one attached hydrogen (secondary N) is 3. The maximum atomic E-state index is 14.1. The summed E-state index contributed by atoms with van der Waals surface area (Å²) in [6.07, 6.45) is -10.5. The molecule has 0 aliphatic heterocycles. The zero-order valence-electron chi connectivity index (χ0n) is 24.0. The average Bonchev–Trinajstić information content (AvgIpc) is 3.43. The lowest BCUT2D eigenvalue weighted by Gasteiger charge is -2.38. The molecule has 2 atom stereocenters. The summed E-state index contributed by atoms with van der Waals surface area (Å²) in [5.41, 5.74) is -0.850. The number of fused-ring (bicyclic) bond motifs is 1. The van der Waals surface area contributed by atoms with Crippen molar-refractivity contribution in [3.05, 3.63) is 59.5 Å². The monoisotopic (exact) mass is 643 g/mol. The SMILES string of the molecule is O=C(N[C@H](c1nc2nc(C3(C(=O)NC(F)C(F)F)CCC(F)(F)CC3)ccc2[nH]1)C1CCC(F)(F)CC1)OCc1ccccc1. The maximum absolute atomic E-state index is 14.1. The highest BCUT2D eigenvalue weighted by atomic mass is 19.3. The summed E-state index contributed by atoms with van der Waals surface area (Å²) in [4.78, 5) is 37.8. The van der Waals surface area contributed by atoms with Crippen LogP contribution in [0.2, 0.25) is 0 Å². The number of nitrogens with zero attached hydrogens (tertiary/aromatic N) is 2. The van der Waals surface area contributed by atoms with E-state index >= 15 is 0 Å². The summed E-state index contributed by atoms with van der Waals surface area (Å²) < 4.78 is 101. The molecular formula is C30H32F7N5O3. The van der Waals surface area contributed by atoms with Crippen molar-refractivity contribution < 1.29 is 45.1 Å². The highest BCUT2D eigenvalue weighted by Gasteiger charge is 2.51. The Morgan fingerprint density at radius 3 is 2.16 bits per heavy atom. The molecule has 0 saturated heterocycles. The van der Waals surface area contributed by atoms with Crippen LogP contribution in [0.5, 0.6) is 0 Å². The molecule has 2 amide bonds. The number of alkyl carbamates (subject to hydrolysis) is 1. The minimum absolute atomic E-state index is 0.00302. The standard InChI is InChI=1S/C30H32F7N5O3/c31-22(32)23(33)41-26(43)28(12-14-30(36,37)15-13-28)20-7-6-19-24(39-20)42-25(38-19)21(18-8-10-29(34,35)11-9-18)40-27(44)45-16-17-4-2-1-3-5-17/h1-7,18,21-23H,8-16H2,(H,40,44)(H,41,43)(H,38,39,42)/t21-,23?/m0/s1. The van der Waals surface area contributed by atoms with Gasteiger partial charge in [0.1, 0.15) is 12.4 Å². The number of hydrogen-bond donors (Lipinski definition) is 3. The number of imidazole rings is 1. The maximum Gasteiger partial charge on any atom is 0.408 e. The number of H-pyrrole nitrogens is 1. The second-order valence-electron chi connectivity index (χ2n) is 11.7. The van der Waals surface area contributed by atoms with Crippen molar-refractivity contribution in [3.63, 3.8) is 0 Å². The quantitative estimate of drug-likeness (QED) is 0.174. The lowest BCUT2D eigenvalue weighted by atomic mass is 9.69. The van der Waals surface area contributed by atoms with E-state index in [0.29, 0.717) is 5.52 Å². The first-order valence-corrected chi connectivity index (χ1v) is 14.6. The van der Waals surface area contributed by atoms with Crippen LogP contribution in [0.15, 0.2) is 42.5 Å². The van der Waals surface area contributed by atoms with Crippen molar-refractivity contribution in [1.82, 2.24) is 25.6 Å². The molecule has 0 radical (unpaired) electrons. The number of carbonyl (C=O) groups is 2. The fraction of sp³-hybridized carbons (Fsp3) is 0.533. The topological polar surface area (TPSA) is 109 Å². The molecule has 244 valence electrons. The predicted molar refractivity (Wildman–Crippen MR) is 147 cm³/mol. The number of ether oxygens (including phenoxy) is 1. The van der Waals surface area contributed by atoms with Crippen molar-refractivity contribution in [2.75, 3.05) is 0 Å². The summed E-state index contributed by atoms with van der Waals surface area (Å²) >= 11 is 0. The van der Waals surface area contributed by atoms with Gasteiger partial charge in [0.2, 0.25) is 24.0 Å². The van der Waals surface area contributed by atoms with Gasteiger partial charge in [-0.25, -0.2) is 45.5 Å². The third-order valence-corrected chi connectivity index (χ3v) is 8.63. The molecule has 2 aromatic heterocycles. The number of halogens is 7. The highest BCUT2D eigenvalue weighted by Crippen LogP contribution is 2.46. The lowest BCUT2D eigenvalue weighted by molar-refractivity contribution is -0.136. The Morgan fingerprint density at radius 1 is 0.867 bits per heavy atom. The van der Waals surface area contributed by atoms with E-state index in [9.17, 15) is 40.3 Å². The van der Waals surface area contributed by atoms with Gasteiger partial charge in [-0.05, 0) is 49.3 Å². The van der Waals surface area contributed by atoms with Crippen LogP contribution in [0, 0.1) is 5.92 Å². The molecule has 5 rings (SSSR count). The first-order valence-electron chi connectivity index (χ1n) is 14.6. The van der Waals surface area contributed by atoms with Crippen LogP contribution in [0.1, 0.15) is 74.5 Å². The number of hydrogen-bond acceptors (Lipinski definition) is 5. The Balaban J connectivity index is 1.43. The largest absolute Gasteiger partial charge is 0.445 e. The minimum Gasteiger partial charge on any atom is -0.445 e. The second kappa shape index (κ2) is 12.8. The Labute approximate surface area is 253 Å². The molecule has 15 heteroatoms. The normalized spacial score (nSPS) is 20.8. The van der Waals surface area contributed by atoms with Gasteiger partial charge < -0.3 is 20.4 Å². The number of alkyl halides is 7. The van der Waals surface area contributed by atoms with Gasteiger partial charge in [-0.2, -0.15) is 0 Å². The molecule has 45 heavy (non-hydrogen) atoms. The molecule has 2 heterocycles. The van der Waals surface area contributed by atoms with E-state index in [0.717, 1.165) is 5.56 Å². The molecule has 0 spiro atoms. The molecule has 0 bridgehead atoms. The third kappa shape index (κ3) is 7.50. The van der Waals surface area contributed by atoms with Crippen molar-refractivity contribution >= 4 is 23.2 Å². The van der Waals surface area contributed by atoms with Crippen molar-refractivity contribution in [2.24, 2.45) is 5.92 Å². The third-order valence-electron chi connectivity index (χ3n) is 8.63. The van der Waals surface area contributed by atoms with Gasteiger partial charge in [0.15, 0.2) is 5.65 Å². The van der Waals surface area contributed by atoms with Crippen LogP contribution in [-0.2, 0) is 21.6 Å². The van der Waals surface area contributed by atoms with E-state index in [1.165, 1.54) is 12.1 Å². The smallest absolute Gasteiger partial charge is 0.408 e. The Hall–Kier alpha value is -3.91. The number of amides is 2. The van der Waals surface area contributed by atoms with Crippen LogP contribution >= 0.6 is 0 Å². The number of benzene rings is 1. The van der Waals surface area contributed by atoms with Crippen molar-refractivity contribution in [2.45, 2.75) is 94.0 Å². The number of aromatic nitrogens is 3. The number of rotatable bonds is 9. The predicted octanol–water partition coefficient (Wildman–Crippen LogP) is 6.87. The number of aromatic amines is 1. The average molecular weight is 644 g/mol. The van der Waals surface area contributed by atoms with E-state index in [2.05, 4.69) is 20.3 Å². The zero-order valence-corrected chi connectivity index (χ0v) is 24.0. The van der Waals surface area contributed by atoms with Gasteiger partial charge in [0, 0.05) is 25.7 Å². The number of carbonyl (C=O) groups excluding carboxylic acids is 2. The van der Waals surface area contributed by atoms with Crippen molar-refractivity contribution in [1.29, 1.82) is 0 Å². The summed E-state index contributed by atoms with van der Waals surface area (Å²) in [7, 11) is 0. The van der Waals surface area contributed by atoms with Gasteiger partial charge in [-0.15, -0.1) is 0 Å². The van der Waals surface area contributed by atoms with Gasteiger partial charge >= 0.3 is 6.09 Å². The Kier molecular flexibility index (Phi) is 9.26. The fourth-order valence-electron chi connectivity index (χ4n) is 5.99. The Bertz CT molecular complexity index is 1480. The molecule has 3 aromatic rings. The molecular weight excluding hydrogens is 611 g/mol. The summed E-state index contributed by atoms with van der Waals surface area (Å²) in [5, 5.41) is 4.31. The molecule has 2 fully saturated rings. The van der Waals surface area contributed by atoms with Crippen LogP contribution < -0.4 is 10.6 Å². The van der Waals surface area contributed by atoms with Gasteiger partial charge in [-0.1, -0.05) is 30.3 Å². The van der Waals surface area contributed by atoms with E-state index in [-0.39, 0.29) is 36.6 Å². The van der Waals surface area contributed by atoms with E-state index < -0.39 is 92.5 Å². The molecule has 8 nitrogen and oxygen atoms in total. The van der Waals surface area contributed by atoms with E-state index in [1.54, 1.807) is 35.6 Å². The van der Waals surface area contributed by atoms with Gasteiger partial charge in [-0.3, -0.25) is 4.79 Å². The van der Waals surface area contributed by atoms with Crippen LogP contribution in [0.4, 0.5) is 35.5 Å². The van der Waals surface area contributed by atoms with Gasteiger partial charge in [0.05, 0.1) is 22.7 Å². The molecule has 1 unspecified atom stereocenters. The van der Waals surface area contributed by atoms with E-state index in [1.807, 2.05) is 0 Å². The summed E-state index contributed by atoms with van der Waals surface area (Å²) in [6, 6.07) is 10.8. The van der Waals surface area contributed by atoms with Crippen LogP contribution in [0.25, 0.3) is 11.2 Å². The summed E-state index contributed by atoms with van der Waals surface area (Å²) in [5.74, 6) is -7.43. The second-order valence-corrected chi connectivity index (χ2v) is 11.7. The summed E-state index contributed by atoms with van der Waals surface area (Å²) in [6.45, 7) is -0.0400. The Morgan fingerprint density at radius 2 is 1.51 bits per heavy atom. The molecule has 1 aromatic carbocycles. The van der Waals surface area contributed by atoms with Crippen molar-refractivity contribution in [3.8, 4) is 0 Å². The van der Waals surface area contributed by atoms with E-state index in [4.69, 9.17) is 4.74 Å². The molecule has 2 saturated carbocycles. The zero-order chi connectivity index (χ0) is 32.4. The number of pyridine rings is 1.